The number of halogens is 1. The van der Waals surface area contributed by atoms with Crippen molar-refractivity contribution >= 4 is 39.1 Å². The standard InChI is InChI=1S/C31H38ClN3O5S/c1-34-15-6-4-3-5-7-16-35-20-31(14-8-9-23-17-24(32)11-12-26(23)31)21-40-28-13-10-22(18-27(28)35)25(19-29(34)36)30(37)33-41(2,38)39/h4,6,10-13,17-18,25H,3,5,7-9,14-16,19-21H2,1-2H3,(H,33,37)/b6-4+/t25?,31-/m0/s1. The van der Waals surface area contributed by atoms with Gasteiger partial charge in [0.05, 0.1) is 24.5 Å². The molecule has 1 spiro atoms. The summed E-state index contributed by atoms with van der Waals surface area (Å²) in [6.45, 7) is 2.50. The van der Waals surface area contributed by atoms with Crippen LogP contribution in [-0.2, 0) is 31.4 Å². The first-order valence-corrected chi connectivity index (χ1v) is 16.5. The van der Waals surface area contributed by atoms with Gasteiger partial charge in [-0.2, -0.15) is 0 Å². The van der Waals surface area contributed by atoms with E-state index in [0.717, 1.165) is 74.3 Å². The molecular formula is C31H38ClN3O5S. The number of nitrogens with zero attached hydrogens (tertiary/aromatic N) is 2. The van der Waals surface area contributed by atoms with Crippen LogP contribution in [0.15, 0.2) is 48.6 Å². The van der Waals surface area contributed by atoms with Crippen LogP contribution < -0.4 is 14.4 Å². The fourth-order valence-electron chi connectivity index (χ4n) is 6.35. The molecule has 2 bridgehead atoms. The third-order valence-electron chi connectivity index (χ3n) is 8.47. The number of likely N-dealkylation sites (N-methyl/N-ethyl adjacent to an activating group) is 1. The van der Waals surface area contributed by atoms with Gasteiger partial charge in [0.25, 0.3) is 0 Å². The molecule has 0 saturated carbocycles. The Kier molecular flexibility index (Phi) is 8.66. The summed E-state index contributed by atoms with van der Waals surface area (Å²) in [5.41, 5.74) is 3.77. The fraction of sp³-hybridized carbons (Fsp3) is 0.484. The Morgan fingerprint density at radius 1 is 1.12 bits per heavy atom. The second kappa shape index (κ2) is 12.1. The number of carbonyl (C=O) groups excluding carboxylic acids is 2. The van der Waals surface area contributed by atoms with Crippen LogP contribution in [0, 0.1) is 0 Å². The molecule has 5 rings (SSSR count). The van der Waals surface area contributed by atoms with Gasteiger partial charge in [0.2, 0.25) is 21.8 Å². The Balaban J connectivity index is 1.57. The molecule has 3 aliphatic rings. The Hall–Kier alpha value is -3.04. The van der Waals surface area contributed by atoms with Gasteiger partial charge in [-0.25, -0.2) is 8.42 Å². The quantitative estimate of drug-likeness (QED) is 0.509. The van der Waals surface area contributed by atoms with Gasteiger partial charge in [0.15, 0.2) is 0 Å². The molecule has 0 radical (unpaired) electrons. The molecule has 2 heterocycles. The van der Waals surface area contributed by atoms with Crippen LogP contribution in [0.3, 0.4) is 0 Å². The maximum absolute atomic E-state index is 13.3. The number of benzene rings is 2. The highest BCUT2D eigenvalue weighted by Crippen LogP contribution is 2.45. The predicted molar refractivity (Wildman–Crippen MR) is 161 cm³/mol. The summed E-state index contributed by atoms with van der Waals surface area (Å²) in [5, 5.41) is 0.740. The Bertz CT molecular complexity index is 1460. The van der Waals surface area contributed by atoms with Crippen molar-refractivity contribution < 1.29 is 22.7 Å². The zero-order chi connectivity index (χ0) is 29.2. The van der Waals surface area contributed by atoms with E-state index in [0.29, 0.717) is 18.7 Å². The largest absolute Gasteiger partial charge is 0.490 e. The molecule has 2 atom stereocenters. The van der Waals surface area contributed by atoms with E-state index < -0.39 is 21.8 Å². The molecule has 8 nitrogen and oxygen atoms in total. The van der Waals surface area contributed by atoms with E-state index in [1.807, 2.05) is 24.3 Å². The van der Waals surface area contributed by atoms with Gasteiger partial charge in [-0.3, -0.25) is 14.3 Å². The van der Waals surface area contributed by atoms with Crippen molar-refractivity contribution in [1.29, 1.82) is 0 Å². The van der Waals surface area contributed by atoms with Gasteiger partial charge in [-0.15, -0.1) is 0 Å². The molecule has 2 aromatic carbocycles. The van der Waals surface area contributed by atoms with Crippen molar-refractivity contribution in [3.05, 3.63) is 70.3 Å². The first kappa shape index (κ1) is 29.5. The lowest BCUT2D eigenvalue weighted by Crippen LogP contribution is -2.46. The summed E-state index contributed by atoms with van der Waals surface area (Å²) in [7, 11) is -2.12. The summed E-state index contributed by atoms with van der Waals surface area (Å²) in [5.74, 6) is -1.21. The zero-order valence-corrected chi connectivity index (χ0v) is 25.3. The highest BCUT2D eigenvalue weighted by molar-refractivity contribution is 7.89. The normalized spacial score (nSPS) is 24.4. The van der Waals surface area contributed by atoms with E-state index in [1.165, 1.54) is 11.1 Å². The summed E-state index contributed by atoms with van der Waals surface area (Å²) >= 11 is 6.37. The third-order valence-corrected chi connectivity index (χ3v) is 9.27. The van der Waals surface area contributed by atoms with E-state index >= 15 is 0 Å². The van der Waals surface area contributed by atoms with E-state index in [-0.39, 0.29) is 17.7 Å². The SMILES string of the molecule is CN1C/C=C/CCCCN2C[C@@]3(CCCc4cc(Cl)ccc43)COc3ccc(cc32)C(C(=O)NS(C)(=O)=O)CC1=O. The summed E-state index contributed by atoms with van der Waals surface area (Å²) in [6.07, 6.45) is 10.7. The van der Waals surface area contributed by atoms with Crippen molar-refractivity contribution in [2.24, 2.45) is 0 Å². The van der Waals surface area contributed by atoms with Crippen LogP contribution in [0.5, 0.6) is 5.75 Å². The Morgan fingerprint density at radius 2 is 1.95 bits per heavy atom. The van der Waals surface area contributed by atoms with Crippen molar-refractivity contribution in [2.75, 3.05) is 44.4 Å². The highest BCUT2D eigenvalue weighted by Gasteiger charge is 2.42. The van der Waals surface area contributed by atoms with Crippen LogP contribution in [0.2, 0.25) is 5.02 Å². The lowest BCUT2D eigenvalue weighted by molar-refractivity contribution is -0.132. The summed E-state index contributed by atoms with van der Waals surface area (Å²) in [4.78, 5) is 30.3. The average molecular weight is 600 g/mol. The van der Waals surface area contributed by atoms with E-state index in [4.69, 9.17) is 16.3 Å². The lowest BCUT2D eigenvalue weighted by atomic mass is 9.70. The number of allylic oxidation sites excluding steroid dienone is 1. The first-order chi connectivity index (χ1) is 19.5. The second-order valence-electron chi connectivity index (χ2n) is 11.6. The highest BCUT2D eigenvalue weighted by atomic mass is 35.5. The molecule has 220 valence electrons. The Labute approximate surface area is 247 Å². The van der Waals surface area contributed by atoms with Crippen LogP contribution in [-0.4, -0.2) is 64.7 Å². The molecule has 10 heteroatoms. The fourth-order valence-corrected chi connectivity index (χ4v) is 7.05. The number of rotatable bonds is 2. The molecule has 1 N–H and O–H groups in total. The van der Waals surface area contributed by atoms with Gasteiger partial charge in [0.1, 0.15) is 5.75 Å². The van der Waals surface area contributed by atoms with Crippen LogP contribution in [0.4, 0.5) is 5.69 Å². The Morgan fingerprint density at radius 3 is 2.76 bits per heavy atom. The summed E-state index contributed by atoms with van der Waals surface area (Å²) in [6, 6.07) is 11.7. The minimum Gasteiger partial charge on any atom is -0.490 e. The maximum Gasteiger partial charge on any atom is 0.241 e. The van der Waals surface area contributed by atoms with Gasteiger partial charge in [0, 0.05) is 43.5 Å². The van der Waals surface area contributed by atoms with Crippen molar-refractivity contribution in [2.45, 2.75) is 56.3 Å². The number of amides is 2. The second-order valence-corrected chi connectivity index (χ2v) is 13.8. The average Bonchev–Trinajstić information content (AvgIpc) is 3.06. The molecule has 1 aliphatic carbocycles. The van der Waals surface area contributed by atoms with Gasteiger partial charge >= 0.3 is 0 Å². The van der Waals surface area contributed by atoms with E-state index in [2.05, 4.69) is 27.8 Å². The maximum atomic E-state index is 13.3. The molecule has 2 aromatic rings. The third kappa shape index (κ3) is 6.72. The molecule has 2 aliphatic heterocycles. The topological polar surface area (TPSA) is 96.0 Å². The number of sulfonamides is 1. The number of hydrogen-bond donors (Lipinski definition) is 1. The van der Waals surface area contributed by atoms with E-state index in [9.17, 15) is 18.0 Å². The molecule has 41 heavy (non-hydrogen) atoms. The number of carbonyl (C=O) groups is 2. The zero-order valence-electron chi connectivity index (χ0n) is 23.7. The molecule has 1 unspecified atom stereocenters. The van der Waals surface area contributed by atoms with Crippen molar-refractivity contribution in [3.63, 3.8) is 0 Å². The summed E-state index contributed by atoms with van der Waals surface area (Å²) < 4.78 is 32.6. The number of nitrogens with one attached hydrogen (secondary N) is 1. The van der Waals surface area contributed by atoms with Crippen molar-refractivity contribution in [1.82, 2.24) is 9.62 Å². The minimum atomic E-state index is -3.81. The number of ether oxygens (including phenoxy) is 1. The molecule has 0 fully saturated rings. The minimum absolute atomic E-state index is 0.149. The van der Waals surface area contributed by atoms with Crippen LogP contribution in [0.25, 0.3) is 0 Å². The van der Waals surface area contributed by atoms with E-state index in [1.54, 1.807) is 18.0 Å². The smallest absolute Gasteiger partial charge is 0.241 e. The van der Waals surface area contributed by atoms with Gasteiger partial charge < -0.3 is 14.5 Å². The monoisotopic (exact) mass is 599 g/mol. The molecule has 0 saturated heterocycles. The number of fused-ring (bicyclic) bond motifs is 3. The number of aryl methyl sites for hydroxylation is 1. The lowest BCUT2D eigenvalue weighted by Gasteiger charge is -2.41. The molecular weight excluding hydrogens is 562 g/mol. The van der Waals surface area contributed by atoms with Crippen LogP contribution in [0.1, 0.15) is 61.1 Å². The van der Waals surface area contributed by atoms with Gasteiger partial charge in [-0.05, 0) is 79.5 Å². The molecule has 0 aromatic heterocycles. The van der Waals surface area contributed by atoms with Crippen molar-refractivity contribution in [3.8, 4) is 5.75 Å². The number of hydrogen-bond acceptors (Lipinski definition) is 6. The van der Waals surface area contributed by atoms with Gasteiger partial charge in [-0.1, -0.05) is 35.9 Å². The number of anilines is 1. The van der Waals surface area contributed by atoms with Crippen LogP contribution >= 0.6 is 11.6 Å². The first-order valence-electron chi connectivity index (χ1n) is 14.3. The predicted octanol–water partition coefficient (Wildman–Crippen LogP) is 4.56. The molecule has 2 amide bonds.